The summed E-state index contributed by atoms with van der Waals surface area (Å²) in [5.74, 6) is 0.362. The molecule has 1 aromatic carbocycles. The Morgan fingerprint density at radius 1 is 1.24 bits per heavy atom. The third-order valence-corrected chi connectivity index (χ3v) is 5.39. The van der Waals surface area contributed by atoms with Crippen molar-refractivity contribution in [3.05, 3.63) is 34.3 Å². The number of piperidine rings is 1. The Morgan fingerprint density at radius 3 is 2.72 bits per heavy atom. The fourth-order valence-corrected chi connectivity index (χ4v) is 3.77. The molecule has 3 rings (SSSR count). The summed E-state index contributed by atoms with van der Waals surface area (Å²) >= 11 is 3.43. The molecule has 1 unspecified atom stereocenters. The number of benzene rings is 1. The Morgan fingerprint density at radius 2 is 2.00 bits per heavy atom. The predicted octanol–water partition coefficient (Wildman–Crippen LogP) is 2.23. The van der Waals surface area contributed by atoms with Crippen LogP contribution in [0, 0.1) is 0 Å². The monoisotopic (exact) mass is 429 g/mol. The summed E-state index contributed by atoms with van der Waals surface area (Å²) in [7, 11) is 0. The van der Waals surface area contributed by atoms with Gasteiger partial charge >= 0.3 is 0 Å². The summed E-state index contributed by atoms with van der Waals surface area (Å²) in [6.45, 7) is 3.53. The predicted molar refractivity (Wildman–Crippen MR) is 104 cm³/mol. The highest BCUT2D eigenvalue weighted by atomic mass is 79.9. The molecule has 2 aliphatic heterocycles. The number of rotatable bonds is 4. The lowest BCUT2D eigenvalue weighted by Crippen LogP contribution is -2.57. The molecular weight excluding hydrogens is 406 g/mol. The fourth-order valence-electron chi connectivity index (χ4n) is 3.50. The molecule has 0 aliphatic carbocycles. The Labute approximate surface area is 163 Å². The van der Waals surface area contributed by atoms with Gasteiger partial charge in [0.15, 0.2) is 0 Å². The zero-order valence-corrected chi connectivity index (χ0v) is 16.7. The van der Waals surface area contributed by atoms with Crippen molar-refractivity contribution < 1.29 is 9.59 Å². The molecule has 0 spiro atoms. The highest BCUT2D eigenvalue weighted by molar-refractivity contribution is 9.10. The molecule has 7 heteroatoms. The van der Waals surface area contributed by atoms with Crippen LogP contribution >= 0.6 is 28.3 Å². The SMILES string of the molecule is Cl.O=C(CCc1ccc(Br)cc1)N1CCCC(N2CCNCC2=O)C1. The average molecular weight is 431 g/mol. The number of hydrogen-bond donors (Lipinski definition) is 1. The number of nitrogens with zero attached hydrogens (tertiary/aromatic N) is 2. The fraction of sp³-hybridized carbons (Fsp3) is 0.556. The van der Waals surface area contributed by atoms with Crippen molar-refractivity contribution in [2.45, 2.75) is 31.7 Å². The van der Waals surface area contributed by atoms with E-state index in [-0.39, 0.29) is 30.3 Å². The van der Waals surface area contributed by atoms with Crippen LogP contribution < -0.4 is 5.32 Å². The van der Waals surface area contributed by atoms with Crippen LogP contribution in [0.5, 0.6) is 0 Å². The van der Waals surface area contributed by atoms with Crippen LogP contribution in [0.3, 0.4) is 0 Å². The highest BCUT2D eigenvalue weighted by Gasteiger charge is 2.31. The molecule has 0 aromatic heterocycles. The van der Waals surface area contributed by atoms with Crippen LogP contribution in [-0.2, 0) is 16.0 Å². The van der Waals surface area contributed by atoms with Gasteiger partial charge in [0.05, 0.1) is 6.54 Å². The van der Waals surface area contributed by atoms with E-state index in [1.807, 2.05) is 21.9 Å². The molecule has 138 valence electrons. The van der Waals surface area contributed by atoms with E-state index < -0.39 is 0 Å². The summed E-state index contributed by atoms with van der Waals surface area (Å²) in [5.41, 5.74) is 1.18. The summed E-state index contributed by atoms with van der Waals surface area (Å²) in [6.07, 6.45) is 3.28. The first-order valence-electron chi connectivity index (χ1n) is 8.66. The van der Waals surface area contributed by atoms with Gasteiger partial charge in [-0.05, 0) is 37.0 Å². The van der Waals surface area contributed by atoms with Gasteiger partial charge in [0.2, 0.25) is 11.8 Å². The third-order valence-electron chi connectivity index (χ3n) is 4.86. The van der Waals surface area contributed by atoms with E-state index in [2.05, 4.69) is 33.4 Å². The summed E-state index contributed by atoms with van der Waals surface area (Å²) in [4.78, 5) is 28.5. The van der Waals surface area contributed by atoms with E-state index in [0.717, 1.165) is 43.4 Å². The van der Waals surface area contributed by atoms with Gasteiger partial charge in [-0.3, -0.25) is 9.59 Å². The summed E-state index contributed by atoms with van der Waals surface area (Å²) < 4.78 is 1.05. The molecule has 2 amide bonds. The van der Waals surface area contributed by atoms with Gasteiger partial charge in [-0.25, -0.2) is 0 Å². The van der Waals surface area contributed by atoms with E-state index in [0.29, 0.717) is 19.5 Å². The Bertz CT molecular complexity index is 596. The molecule has 5 nitrogen and oxygen atoms in total. The third kappa shape index (κ3) is 5.43. The second kappa shape index (κ2) is 9.55. The lowest BCUT2D eigenvalue weighted by Gasteiger charge is -2.41. The topological polar surface area (TPSA) is 52.7 Å². The largest absolute Gasteiger partial charge is 0.341 e. The van der Waals surface area contributed by atoms with Gasteiger partial charge in [-0.2, -0.15) is 0 Å². The van der Waals surface area contributed by atoms with Crippen LogP contribution in [0.25, 0.3) is 0 Å². The average Bonchev–Trinajstić information content (AvgIpc) is 2.61. The number of aryl methyl sites for hydroxylation is 1. The first-order valence-corrected chi connectivity index (χ1v) is 9.45. The second-order valence-corrected chi connectivity index (χ2v) is 7.44. The zero-order valence-electron chi connectivity index (χ0n) is 14.2. The smallest absolute Gasteiger partial charge is 0.236 e. The number of carbonyl (C=O) groups is 2. The molecular formula is C18H25BrClN3O2. The molecule has 0 saturated carbocycles. The van der Waals surface area contributed by atoms with Gasteiger partial charge in [0, 0.05) is 43.1 Å². The Kier molecular flexibility index (Phi) is 7.72. The van der Waals surface area contributed by atoms with Gasteiger partial charge in [-0.1, -0.05) is 28.1 Å². The van der Waals surface area contributed by atoms with Crippen LogP contribution in [0.1, 0.15) is 24.8 Å². The number of piperazine rings is 1. The molecule has 0 radical (unpaired) electrons. The van der Waals surface area contributed by atoms with Gasteiger partial charge in [-0.15, -0.1) is 12.4 Å². The summed E-state index contributed by atoms with van der Waals surface area (Å²) in [5, 5.41) is 3.10. The Hall–Kier alpha value is -1.11. The molecule has 2 heterocycles. The van der Waals surface area contributed by atoms with Crippen LogP contribution in [-0.4, -0.2) is 60.4 Å². The van der Waals surface area contributed by atoms with Crippen molar-refractivity contribution >= 4 is 40.2 Å². The van der Waals surface area contributed by atoms with E-state index in [1.165, 1.54) is 5.56 Å². The van der Waals surface area contributed by atoms with Crippen LogP contribution in [0.2, 0.25) is 0 Å². The first-order chi connectivity index (χ1) is 11.6. The number of nitrogens with one attached hydrogen (secondary N) is 1. The molecule has 2 aliphatic rings. The van der Waals surface area contributed by atoms with E-state index >= 15 is 0 Å². The minimum absolute atomic E-state index is 0. The quantitative estimate of drug-likeness (QED) is 0.797. The number of halogens is 2. The number of amides is 2. The Balaban J connectivity index is 0.00000225. The molecule has 1 aromatic rings. The highest BCUT2D eigenvalue weighted by Crippen LogP contribution is 2.19. The minimum Gasteiger partial charge on any atom is -0.341 e. The number of carbonyl (C=O) groups excluding carboxylic acids is 2. The van der Waals surface area contributed by atoms with Gasteiger partial charge in [0.25, 0.3) is 0 Å². The van der Waals surface area contributed by atoms with Crippen molar-refractivity contribution in [1.82, 2.24) is 15.1 Å². The molecule has 25 heavy (non-hydrogen) atoms. The van der Waals surface area contributed by atoms with E-state index in [1.54, 1.807) is 0 Å². The van der Waals surface area contributed by atoms with E-state index in [9.17, 15) is 9.59 Å². The zero-order chi connectivity index (χ0) is 16.9. The standard InChI is InChI=1S/C18H24BrN3O2.ClH/c19-15-6-3-14(4-7-15)5-8-17(23)21-10-1-2-16(13-21)22-11-9-20-12-18(22)24;/h3-4,6-7,16,20H,1-2,5,8-13H2;1H. The molecule has 2 fully saturated rings. The second-order valence-electron chi connectivity index (χ2n) is 6.53. The first kappa shape index (κ1) is 20.2. The maximum absolute atomic E-state index is 12.5. The molecule has 2 saturated heterocycles. The number of likely N-dealkylation sites (tertiary alicyclic amines) is 1. The maximum Gasteiger partial charge on any atom is 0.236 e. The lowest BCUT2D eigenvalue weighted by molar-refractivity contribution is -0.140. The van der Waals surface area contributed by atoms with Crippen molar-refractivity contribution in [1.29, 1.82) is 0 Å². The van der Waals surface area contributed by atoms with Crippen molar-refractivity contribution in [2.75, 3.05) is 32.7 Å². The van der Waals surface area contributed by atoms with E-state index in [4.69, 9.17) is 0 Å². The normalized spacial score (nSPS) is 21.0. The van der Waals surface area contributed by atoms with Crippen molar-refractivity contribution in [2.24, 2.45) is 0 Å². The summed E-state index contributed by atoms with van der Waals surface area (Å²) in [6, 6.07) is 8.30. The van der Waals surface area contributed by atoms with Crippen molar-refractivity contribution in [3.8, 4) is 0 Å². The van der Waals surface area contributed by atoms with Gasteiger partial charge < -0.3 is 15.1 Å². The lowest BCUT2D eigenvalue weighted by atomic mass is 10.0. The number of hydrogen-bond acceptors (Lipinski definition) is 3. The molecule has 0 bridgehead atoms. The molecule has 1 N–H and O–H groups in total. The maximum atomic E-state index is 12.5. The van der Waals surface area contributed by atoms with Crippen LogP contribution in [0.4, 0.5) is 0 Å². The minimum atomic E-state index is 0. The van der Waals surface area contributed by atoms with Gasteiger partial charge in [0.1, 0.15) is 0 Å². The van der Waals surface area contributed by atoms with Crippen molar-refractivity contribution in [3.63, 3.8) is 0 Å². The van der Waals surface area contributed by atoms with Crippen LogP contribution in [0.15, 0.2) is 28.7 Å². The molecule has 1 atom stereocenters.